The van der Waals surface area contributed by atoms with Gasteiger partial charge in [-0.15, -0.1) is 0 Å². The molecule has 0 fully saturated rings. The Labute approximate surface area is 79.8 Å². The van der Waals surface area contributed by atoms with E-state index in [1.165, 1.54) is 12.6 Å². The fourth-order valence-electron chi connectivity index (χ4n) is 0.959. The molecule has 0 aromatic heterocycles. The summed E-state index contributed by atoms with van der Waals surface area (Å²) in [6, 6.07) is 7.69. The molecule has 1 aromatic rings. The first kappa shape index (κ1) is 11.8. The Balaban J connectivity index is 0.000000671. The van der Waals surface area contributed by atoms with Crippen LogP contribution in [0.25, 0.3) is 0 Å². The lowest BCUT2D eigenvalue weighted by atomic mass is 10.0. The number of benzene rings is 1. The Morgan fingerprint density at radius 1 is 1.15 bits per heavy atom. The molecule has 0 spiro atoms. The Bertz CT molecular complexity index is 239. The largest absolute Gasteiger partial charge is 0.333 e. The van der Waals surface area contributed by atoms with Gasteiger partial charge in [-0.3, -0.25) is 4.79 Å². The second-order valence-electron chi connectivity index (χ2n) is 2.94. The summed E-state index contributed by atoms with van der Waals surface area (Å²) >= 11 is 0. The van der Waals surface area contributed by atoms with Crippen LogP contribution in [-0.2, 0) is 0 Å². The molecule has 0 aliphatic carbocycles. The smallest absolute Gasteiger partial charge is 0.150 e. The normalized spacial score (nSPS) is 9.00. The second kappa shape index (κ2) is 6.38. The number of hydrogen-bond donors (Lipinski definition) is 1. The fourth-order valence-corrected chi connectivity index (χ4v) is 0.959. The topological polar surface area (TPSA) is 43.1 Å². The lowest BCUT2D eigenvalue weighted by molar-refractivity contribution is 0.112. The third-order valence-corrected chi connectivity index (χ3v) is 1.74. The van der Waals surface area contributed by atoms with Crippen LogP contribution >= 0.6 is 0 Å². The van der Waals surface area contributed by atoms with E-state index in [1.54, 1.807) is 0 Å². The van der Waals surface area contributed by atoms with Crippen LogP contribution in [0.15, 0.2) is 24.3 Å². The average Bonchev–Trinajstić information content (AvgIpc) is 2.21. The van der Waals surface area contributed by atoms with Crippen LogP contribution in [0, 0.1) is 0 Å². The van der Waals surface area contributed by atoms with Crippen LogP contribution in [0.1, 0.15) is 35.7 Å². The minimum absolute atomic E-state index is 0.538. The summed E-state index contributed by atoms with van der Waals surface area (Å²) in [6.45, 7) is 4.27. The van der Waals surface area contributed by atoms with E-state index in [-0.39, 0.29) is 0 Å². The van der Waals surface area contributed by atoms with Crippen molar-refractivity contribution in [2.24, 2.45) is 5.73 Å². The number of nitrogens with two attached hydrogens (primary N) is 1. The van der Waals surface area contributed by atoms with Crippen LogP contribution in [-0.4, -0.2) is 13.3 Å². The van der Waals surface area contributed by atoms with Gasteiger partial charge in [-0.1, -0.05) is 38.1 Å². The Kier molecular flexibility index (Phi) is 5.81. The molecule has 0 bridgehead atoms. The number of carbonyl (C=O) groups excluding carboxylic acids is 1. The molecule has 72 valence electrons. The van der Waals surface area contributed by atoms with E-state index in [4.69, 9.17) is 0 Å². The van der Waals surface area contributed by atoms with E-state index in [0.717, 1.165) is 11.8 Å². The minimum Gasteiger partial charge on any atom is -0.333 e. The second-order valence-corrected chi connectivity index (χ2v) is 2.94. The summed E-state index contributed by atoms with van der Waals surface area (Å²) in [7, 11) is 1.50. The van der Waals surface area contributed by atoms with Crippen LogP contribution in [0.4, 0.5) is 0 Å². The van der Waals surface area contributed by atoms with Gasteiger partial charge in [0.15, 0.2) is 0 Å². The molecule has 0 heterocycles. The van der Waals surface area contributed by atoms with E-state index in [2.05, 4.69) is 19.6 Å². The first-order valence-corrected chi connectivity index (χ1v) is 4.37. The van der Waals surface area contributed by atoms with E-state index in [0.29, 0.717) is 5.92 Å². The Hall–Kier alpha value is -1.15. The molecular formula is C11H17NO. The Morgan fingerprint density at radius 3 is 1.92 bits per heavy atom. The predicted molar refractivity (Wildman–Crippen MR) is 56.0 cm³/mol. The zero-order valence-corrected chi connectivity index (χ0v) is 8.45. The van der Waals surface area contributed by atoms with E-state index >= 15 is 0 Å². The third kappa shape index (κ3) is 3.85. The molecule has 0 aliphatic heterocycles. The van der Waals surface area contributed by atoms with Gasteiger partial charge in [0.05, 0.1) is 0 Å². The van der Waals surface area contributed by atoms with Crippen molar-refractivity contribution in [1.29, 1.82) is 0 Å². The van der Waals surface area contributed by atoms with Gasteiger partial charge >= 0.3 is 0 Å². The monoisotopic (exact) mass is 179 g/mol. The molecule has 0 saturated heterocycles. The maximum absolute atomic E-state index is 10.3. The van der Waals surface area contributed by atoms with Gasteiger partial charge < -0.3 is 5.73 Å². The SMILES string of the molecule is CC(C)c1ccc(C=O)cc1.CN. The molecule has 2 nitrogen and oxygen atoms in total. The summed E-state index contributed by atoms with van der Waals surface area (Å²) in [5.41, 5.74) is 6.52. The molecule has 0 unspecified atom stereocenters. The Morgan fingerprint density at radius 2 is 1.62 bits per heavy atom. The van der Waals surface area contributed by atoms with Crippen molar-refractivity contribution >= 4 is 6.29 Å². The van der Waals surface area contributed by atoms with Crippen molar-refractivity contribution in [3.05, 3.63) is 35.4 Å². The standard InChI is InChI=1S/C10H12O.CH5N/c1-8(2)10-5-3-9(7-11)4-6-10;1-2/h3-8H,1-2H3;2H2,1H3. The molecule has 2 heteroatoms. The highest BCUT2D eigenvalue weighted by molar-refractivity contribution is 5.74. The molecule has 0 radical (unpaired) electrons. The first-order valence-electron chi connectivity index (χ1n) is 4.37. The van der Waals surface area contributed by atoms with Gasteiger partial charge in [-0.25, -0.2) is 0 Å². The lowest BCUT2D eigenvalue weighted by Gasteiger charge is -2.03. The van der Waals surface area contributed by atoms with Crippen LogP contribution in [0.5, 0.6) is 0 Å². The zero-order chi connectivity index (χ0) is 10.3. The van der Waals surface area contributed by atoms with Crippen LogP contribution < -0.4 is 5.73 Å². The van der Waals surface area contributed by atoms with Crippen molar-refractivity contribution in [2.45, 2.75) is 19.8 Å². The number of carbonyl (C=O) groups is 1. The third-order valence-electron chi connectivity index (χ3n) is 1.74. The number of rotatable bonds is 2. The van der Waals surface area contributed by atoms with E-state index < -0.39 is 0 Å². The van der Waals surface area contributed by atoms with Crippen LogP contribution in [0.3, 0.4) is 0 Å². The van der Waals surface area contributed by atoms with Crippen molar-refractivity contribution in [3.63, 3.8) is 0 Å². The minimum atomic E-state index is 0.538. The summed E-state index contributed by atoms with van der Waals surface area (Å²) < 4.78 is 0. The van der Waals surface area contributed by atoms with Gasteiger partial charge in [-0.2, -0.15) is 0 Å². The fraction of sp³-hybridized carbons (Fsp3) is 0.364. The van der Waals surface area contributed by atoms with Gasteiger partial charge in [-0.05, 0) is 18.5 Å². The molecule has 0 aliphatic rings. The number of aldehydes is 1. The van der Waals surface area contributed by atoms with Crippen molar-refractivity contribution in [1.82, 2.24) is 0 Å². The predicted octanol–water partition coefficient (Wildman–Crippen LogP) is 2.20. The molecule has 13 heavy (non-hydrogen) atoms. The van der Waals surface area contributed by atoms with Gasteiger partial charge in [0.1, 0.15) is 6.29 Å². The maximum Gasteiger partial charge on any atom is 0.150 e. The summed E-state index contributed by atoms with van der Waals surface area (Å²) in [6.07, 6.45) is 0.865. The quantitative estimate of drug-likeness (QED) is 0.707. The van der Waals surface area contributed by atoms with Gasteiger partial charge in [0.2, 0.25) is 0 Å². The highest BCUT2D eigenvalue weighted by Crippen LogP contribution is 2.13. The lowest BCUT2D eigenvalue weighted by Crippen LogP contribution is -1.87. The summed E-state index contributed by atoms with van der Waals surface area (Å²) in [5.74, 6) is 0.538. The van der Waals surface area contributed by atoms with E-state index in [9.17, 15) is 4.79 Å². The highest BCUT2D eigenvalue weighted by atomic mass is 16.1. The molecule has 0 atom stereocenters. The molecule has 0 saturated carbocycles. The van der Waals surface area contributed by atoms with E-state index in [1.807, 2.05) is 24.3 Å². The zero-order valence-electron chi connectivity index (χ0n) is 8.45. The average molecular weight is 179 g/mol. The van der Waals surface area contributed by atoms with Crippen LogP contribution in [0.2, 0.25) is 0 Å². The van der Waals surface area contributed by atoms with Gasteiger partial charge in [0.25, 0.3) is 0 Å². The maximum atomic E-state index is 10.3. The molecule has 1 rings (SSSR count). The first-order chi connectivity index (χ1) is 6.24. The van der Waals surface area contributed by atoms with Gasteiger partial charge in [0, 0.05) is 5.56 Å². The number of hydrogen-bond acceptors (Lipinski definition) is 2. The summed E-state index contributed by atoms with van der Waals surface area (Å²) in [4.78, 5) is 10.3. The molecular weight excluding hydrogens is 162 g/mol. The molecule has 1 aromatic carbocycles. The molecule has 2 N–H and O–H groups in total. The summed E-state index contributed by atoms with van der Waals surface area (Å²) in [5, 5.41) is 0. The van der Waals surface area contributed by atoms with Crippen molar-refractivity contribution < 1.29 is 4.79 Å². The molecule has 0 amide bonds. The van der Waals surface area contributed by atoms with Crippen molar-refractivity contribution in [3.8, 4) is 0 Å². The van der Waals surface area contributed by atoms with Crippen molar-refractivity contribution in [2.75, 3.05) is 7.05 Å². The highest BCUT2D eigenvalue weighted by Gasteiger charge is 1.96.